The number of nitrogens with zero attached hydrogens (tertiary/aromatic N) is 1. The Kier molecular flexibility index (Phi) is 6.54. The molecule has 0 spiro atoms. The molecule has 0 N–H and O–H groups in total. The zero-order valence-electron chi connectivity index (χ0n) is 12.8. The molecule has 1 fully saturated rings. The predicted molar refractivity (Wildman–Crippen MR) is 83.4 cm³/mol. The Morgan fingerprint density at radius 1 is 1.19 bits per heavy atom. The summed E-state index contributed by atoms with van der Waals surface area (Å²) in [5.41, 5.74) is 0.583. The van der Waals surface area contributed by atoms with Crippen LogP contribution in [0.2, 0.25) is 0 Å². The second-order valence-electron chi connectivity index (χ2n) is 5.42. The van der Waals surface area contributed by atoms with Gasteiger partial charge >= 0.3 is 0 Å². The molecule has 1 aliphatic rings. The summed E-state index contributed by atoms with van der Waals surface area (Å²) in [5.74, 6) is 1.39. The molecule has 1 aliphatic heterocycles. The molecule has 0 radical (unpaired) electrons. The first-order chi connectivity index (χ1) is 10.3. The van der Waals surface area contributed by atoms with Gasteiger partial charge in [-0.05, 0) is 50.9 Å². The molecule has 2 rings (SSSR count). The first-order valence-corrected chi connectivity index (χ1v) is 7.90. The number of hydrogen-bond acceptors (Lipinski definition) is 4. The van der Waals surface area contributed by atoms with Gasteiger partial charge in [0.1, 0.15) is 11.5 Å². The summed E-state index contributed by atoms with van der Waals surface area (Å²) in [5, 5.41) is 0. The first-order valence-electron chi connectivity index (χ1n) is 7.90. The number of benzene rings is 1. The van der Waals surface area contributed by atoms with Gasteiger partial charge in [-0.25, -0.2) is 0 Å². The van der Waals surface area contributed by atoms with Crippen LogP contribution in [0.1, 0.15) is 43.0 Å². The van der Waals surface area contributed by atoms with Crippen molar-refractivity contribution in [1.82, 2.24) is 4.90 Å². The Balaban J connectivity index is 1.82. The van der Waals surface area contributed by atoms with Crippen LogP contribution >= 0.6 is 0 Å². The largest absolute Gasteiger partial charge is 0.493 e. The topological polar surface area (TPSA) is 38.8 Å². The average molecular weight is 291 g/mol. The summed E-state index contributed by atoms with van der Waals surface area (Å²) in [6.07, 6.45) is 5.40. The average Bonchev–Trinajstić information content (AvgIpc) is 3.03. The number of aldehydes is 1. The number of hydrogen-bond donors (Lipinski definition) is 0. The van der Waals surface area contributed by atoms with Gasteiger partial charge in [0.15, 0.2) is 6.29 Å². The molecule has 0 amide bonds. The highest BCUT2D eigenvalue weighted by molar-refractivity contribution is 5.79. The quantitative estimate of drug-likeness (QED) is 0.517. The molecular weight excluding hydrogens is 266 g/mol. The van der Waals surface area contributed by atoms with Crippen molar-refractivity contribution in [3.8, 4) is 11.5 Å². The summed E-state index contributed by atoms with van der Waals surface area (Å²) < 4.78 is 11.3. The molecule has 0 unspecified atom stereocenters. The fraction of sp³-hybridized carbons (Fsp3) is 0.588. The molecule has 1 saturated heterocycles. The third-order valence-corrected chi connectivity index (χ3v) is 3.66. The lowest BCUT2D eigenvalue weighted by molar-refractivity contribution is 0.111. The highest BCUT2D eigenvalue weighted by Gasteiger charge is 2.11. The van der Waals surface area contributed by atoms with Gasteiger partial charge in [-0.2, -0.15) is 0 Å². The molecule has 0 atom stereocenters. The third-order valence-electron chi connectivity index (χ3n) is 3.66. The zero-order chi connectivity index (χ0) is 14.9. The van der Waals surface area contributed by atoms with E-state index >= 15 is 0 Å². The fourth-order valence-electron chi connectivity index (χ4n) is 2.52. The predicted octanol–water partition coefficient (Wildman–Crippen LogP) is 3.15. The van der Waals surface area contributed by atoms with E-state index in [2.05, 4.69) is 11.8 Å². The molecule has 0 saturated carbocycles. The van der Waals surface area contributed by atoms with Crippen LogP contribution in [0.15, 0.2) is 18.2 Å². The Bertz CT molecular complexity index is 442. The van der Waals surface area contributed by atoms with E-state index in [1.165, 1.54) is 25.9 Å². The zero-order valence-corrected chi connectivity index (χ0v) is 12.8. The van der Waals surface area contributed by atoms with Crippen molar-refractivity contribution < 1.29 is 14.3 Å². The van der Waals surface area contributed by atoms with Crippen molar-refractivity contribution in [2.45, 2.75) is 32.6 Å². The van der Waals surface area contributed by atoms with Gasteiger partial charge in [-0.3, -0.25) is 4.79 Å². The third kappa shape index (κ3) is 5.05. The van der Waals surface area contributed by atoms with Crippen LogP contribution < -0.4 is 9.47 Å². The van der Waals surface area contributed by atoms with Gasteiger partial charge in [0.25, 0.3) is 0 Å². The number of rotatable bonds is 9. The van der Waals surface area contributed by atoms with E-state index < -0.39 is 0 Å². The van der Waals surface area contributed by atoms with Gasteiger partial charge in [0.05, 0.1) is 18.8 Å². The molecule has 0 aromatic heterocycles. The Labute approximate surface area is 127 Å². The van der Waals surface area contributed by atoms with E-state index in [0.717, 1.165) is 31.4 Å². The van der Waals surface area contributed by atoms with Gasteiger partial charge in [0.2, 0.25) is 0 Å². The van der Waals surface area contributed by atoms with Gasteiger partial charge in [-0.1, -0.05) is 6.92 Å². The smallest absolute Gasteiger partial charge is 0.153 e. The summed E-state index contributed by atoms with van der Waals surface area (Å²) in [6.45, 7) is 6.86. The van der Waals surface area contributed by atoms with E-state index in [9.17, 15) is 4.79 Å². The second-order valence-corrected chi connectivity index (χ2v) is 5.42. The Morgan fingerprint density at radius 3 is 2.71 bits per heavy atom. The summed E-state index contributed by atoms with van der Waals surface area (Å²) >= 11 is 0. The molecule has 116 valence electrons. The lowest BCUT2D eigenvalue weighted by Crippen LogP contribution is -2.22. The number of carbonyl (C=O) groups is 1. The summed E-state index contributed by atoms with van der Waals surface area (Å²) in [6, 6.07) is 5.39. The molecule has 0 aliphatic carbocycles. The molecular formula is C17H25NO3. The lowest BCUT2D eigenvalue weighted by atomic mass is 10.2. The van der Waals surface area contributed by atoms with E-state index in [-0.39, 0.29) is 0 Å². The van der Waals surface area contributed by atoms with Crippen LogP contribution in [0.25, 0.3) is 0 Å². The molecule has 1 aromatic carbocycles. The Hall–Kier alpha value is -1.55. The van der Waals surface area contributed by atoms with E-state index in [4.69, 9.17) is 9.47 Å². The minimum Gasteiger partial charge on any atom is -0.493 e. The molecule has 4 nitrogen and oxygen atoms in total. The summed E-state index contributed by atoms with van der Waals surface area (Å²) in [7, 11) is 0. The maximum atomic E-state index is 11.1. The van der Waals surface area contributed by atoms with E-state index in [1.807, 2.05) is 12.1 Å². The number of carbonyl (C=O) groups excluding carboxylic acids is 1. The molecule has 1 aromatic rings. The van der Waals surface area contributed by atoms with Crippen LogP contribution in [-0.4, -0.2) is 44.0 Å². The van der Waals surface area contributed by atoms with Crippen LogP contribution in [0, 0.1) is 0 Å². The maximum Gasteiger partial charge on any atom is 0.153 e. The SMILES string of the molecule is CCCOc1ccc(C=O)c(OCCCN2CCCC2)c1. The van der Waals surface area contributed by atoms with Gasteiger partial charge < -0.3 is 14.4 Å². The van der Waals surface area contributed by atoms with Crippen LogP contribution in [0.5, 0.6) is 11.5 Å². The van der Waals surface area contributed by atoms with E-state index in [0.29, 0.717) is 24.5 Å². The number of ether oxygens (including phenoxy) is 2. The Morgan fingerprint density at radius 2 is 2.00 bits per heavy atom. The van der Waals surface area contributed by atoms with Crippen LogP contribution in [0.4, 0.5) is 0 Å². The van der Waals surface area contributed by atoms with Crippen molar-refractivity contribution in [1.29, 1.82) is 0 Å². The van der Waals surface area contributed by atoms with Crippen molar-refractivity contribution in [2.24, 2.45) is 0 Å². The lowest BCUT2D eigenvalue weighted by Gasteiger charge is -2.15. The highest BCUT2D eigenvalue weighted by atomic mass is 16.5. The second kappa shape index (κ2) is 8.67. The van der Waals surface area contributed by atoms with Crippen LogP contribution in [-0.2, 0) is 0 Å². The van der Waals surface area contributed by atoms with Gasteiger partial charge in [-0.15, -0.1) is 0 Å². The normalized spacial score (nSPS) is 15.1. The van der Waals surface area contributed by atoms with Crippen molar-refractivity contribution >= 4 is 6.29 Å². The van der Waals surface area contributed by atoms with Crippen molar-refractivity contribution in [2.75, 3.05) is 32.8 Å². The van der Waals surface area contributed by atoms with Gasteiger partial charge in [0, 0.05) is 12.6 Å². The first kappa shape index (κ1) is 15.8. The number of likely N-dealkylation sites (tertiary alicyclic amines) is 1. The minimum atomic E-state index is 0.583. The maximum absolute atomic E-state index is 11.1. The molecule has 1 heterocycles. The standard InChI is InChI=1S/C17H25NO3/c1-2-11-20-16-7-6-15(14-19)17(13-16)21-12-5-10-18-8-3-4-9-18/h6-7,13-14H,2-5,8-12H2,1H3. The fourth-order valence-corrected chi connectivity index (χ4v) is 2.52. The minimum absolute atomic E-state index is 0.583. The van der Waals surface area contributed by atoms with Crippen LogP contribution in [0.3, 0.4) is 0 Å². The monoisotopic (exact) mass is 291 g/mol. The van der Waals surface area contributed by atoms with Crippen molar-refractivity contribution in [3.63, 3.8) is 0 Å². The molecule has 21 heavy (non-hydrogen) atoms. The van der Waals surface area contributed by atoms with E-state index in [1.54, 1.807) is 6.07 Å². The highest BCUT2D eigenvalue weighted by Crippen LogP contribution is 2.24. The summed E-state index contributed by atoms with van der Waals surface area (Å²) in [4.78, 5) is 13.5. The van der Waals surface area contributed by atoms with Crippen molar-refractivity contribution in [3.05, 3.63) is 23.8 Å². The molecule has 0 bridgehead atoms. The molecule has 4 heteroatoms.